The predicted octanol–water partition coefficient (Wildman–Crippen LogP) is 3.44. The largest absolute Gasteiger partial charge is 0.449 e. The lowest BCUT2D eigenvalue weighted by atomic mass is 10.2. The number of halogens is 1. The molecular weight excluding hydrogens is 360 g/mol. The summed E-state index contributed by atoms with van der Waals surface area (Å²) >= 11 is 3.43. The second-order valence-electron chi connectivity index (χ2n) is 5.03. The Bertz CT molecular complexity index is 1060. The van der Waals surface area contributed by atoms with Crippen LogP contribution in [-0.4, -0.2) is 15.0 Å². The molecule has 4 aromatic rings. The molecular formula is C16H11BrN4O2. The normalized spacial score (nSPS) is 11.2. The highest BCUT2D eigenvalue weighted by Gasteiger charge is 2.13. The van der Waals surface area contributed by atoms with Gasteiger partial charge in [-0.25, -0.2) is 4.98 Å². The Labute approximate surface area is 138 Å². The third kappa shape index (κ3) is 2.59. The quantitative estimate of drug-likeness (QED) is 0.577. The van der Waals surface area contributed by atoms with E-state index < -0.39 is 0 Å². The Kier molecular flexibility index (Phi) is 3.34. The highest BCUT2D eigenvalue weighted by molar-refractivity contribution is 9.10. The summed E-state index contributed by atoms with van der Waals surface area (Å²) in [6, 6.07) is 9.31. The molecule has 0 aliphatic carbocycles. The molecule has 0 aliphatic heterocycles. The molecule has 0 atom stereocenters. The van der Waals surface area contributed by atoms with Crippen molar-refractivity contribution in [2.45, 2.75) is 6.54 Å². The Hall–Kier alpha value is -2.67. The van der Waals surface area contributed by atoms with Crippen LogP contribution in [0, 0.1) is 0 Å². The van der Waals surface area contributed by atoms with Gasteiger partial charge < -0.3 is 14.7 Å². The summed E-state index contributed by atoms with van der Waals surface area (Å²) in [5.41, 5.74) is 2.01. The van der Waals surface area contributed by atoms with E-state index in [0.717, 1.165) is 15.5 Å². The summed E-state index contributed by atoms with van der Waals surface area (Å²) in [5, 5.41) is 3.98. The standard InChI is InChI=1S/C16H11BrN4O2/c17-9-3-4-12-11(6-9)14-15(23-12)16(22)21-13(20-14)8-19-10-2-1-5-18-7-10/h1-7,19H,8H2,(H,20,21,22). The van der Waals surface area contributed by atoms with E-state index in [4.69, 9.17) is 4.42 Å². The van der Waals surface area contributed by atoms with Crippen LogP contribution in [0.15, 0.2) is 56.4 Å². The Balaban J connectivity index is 1.77. The lowest BCUT2D eigenvalue weighted by Gasteiger charge is -2.04. The molecule has 0 unspecified atom stereocenters. The predicted molar refractivity (Wildman–Crippen MR) is 91.4 cm³/mol. The summed E-state index contributed by atoms with van der Waals surface area (Å²) < 4.78 is 6.51. The fraction of sp³-hybridized carbons (Fsp3) is 0.0625. The van der Waals surface area contributed by atoms with Crippen molar-refractivity contribution in [3.63, 3.8) is 0 Å². The first-order valence-corrected chi connectivity index (χ1v) is 7.75. The average molecular weight is 371 g/mol. The molecule has 3 heterocycles. The van der Waals surface area contributed by atoms with E-state index in [9.17, 15) is 4.79 Å². The van der Waals surface area contributed by atoms with Gasteiger partial charge in [0.2, 0.25) is 5.58 Å². The number of benzene rings is 1. The zero-order chi connectivity index (χ0) is 15.8. The molecule has 0 aliphatic rings. The molecule has 23 heavy (non-hydrogen) atoms. The number of hydrogen-bond acceptors (Lipinski definition) is 5. The van der Waals surface area contributed by atoms with Gasteiger partial charge in [0.15, 0.2) is 0 Å². The number of nitrogens with zero attached hydrogens (tertiary/aromatic N) is 2. The average Bonchev–Trinajstić information content (AvgIpc) is 2.93. The van der Waals surface area contributed by atoms with Gasteiger partial charge in [-0.05, 0) is 30.3 Å². The maximum atomic E-state index is 12.2. The van der Waals surface area contributed by atoms with E-state index >= 15 is 0 Å². The fourth-order valence-corrected chi connectivity index (χ4v) is 2.77. The zero-order valence-corrected chi connectivity index (χ0v) is 13.4. The monoisotopic (exact) mass is 370 g/mol. The lowest BCUT2D eigenvalue weighted by molar-refractivity contribution is 0.659. The fourth-order valence-electron chi connectivity index (χ4n) is 2.41. The molecule has 4 rings (SSSR count). The van der Waals surface area contributed by atoms with Gasteiger partial charge in [-0.2, -0.15) is 0 Å². The van der Waals surface area contributed by atoms with Crippen molar-refractivity contribution >= 4 is 43.7 Å². The molecule has 0 radical (unpaired) electrons. The Morgan fingerprint density at radius 1 is 1.30 bits per heavy atom. The number of nitrogens with one attached hydrogen (secondary N) is 2. The number of anilines is 1. The number of hydrogen-bond donors (Lipinski definition) is 2. The van der Waals surface area contributed by atoms with Crippen molar-refractivity contribution in [3.05, 3.63) is 63.4 Å². The number of fused-ring (bicyclic) bond motifs is 3. The summed E-state index contributed by atoms with van der Waals surface area (Å²) in [5.74, 6) is 0.536. The zero-order valence-electron chi connectivity index (χ0n) is 11.8. The van der Waals surface area contributed by atoms with E-state index in [1.807, 2.05) is 30.3 Å². The van der Waals surface area contributed by atoms with Gasteiger partial charge in [-0.15, -0.1) is 0 Å². The topological polar surface area (TPSA) is 83.8 Å². The maximum Gasteiger partial charge on any atom is 0.294 e. The minimum atomic E-state index is -0.287. The van der Waals surface area contributed by atoms with Crippen molar-refractivity contribution in [3.8, 4) is 0 Å². The van der Waals surface area contributed by atoms with Gasteiger partial charge >= 0.3 is 0 Å². The maximum absolute atomic E-state index is 12.2. The molecule has 1 aromatic carbocycles. The number of rotatable bonds is 3. The van der Waals surface area contributed by atoms with Crippen molar-refractivity contribution in [2.24, 2.45) is 0 Å². The molecule has 7 heteroatoms. The summed E-state index contributed by atoms with van der Waals surface area (Å²) in [6.07, 6.45) is 3.41. The van der Waals surface area contributed by atoms with E-state index in [2.05, 4.69) is 36.2 Å². The molecule has 0 saturated carbocycles. The Morgan fingerprint density at radius 2 is 2.22 bits per heavy atom. The van der Waals surface area contributed by atoms with Crippen molar-refractivity contribution < 1.29 is 4.42 Å². The minimum absolute atomic E-state index is 0.239. The molecule has 0 bridgehead atoms. The van der Waals surface area contributed by atoms with Gasteiger partial charge in [0.25, 0.3) is 5.56 Å². The van der Waals surface area contributed by atoms with Crippen LogP contribution in [0.3, 0.4) is 0 Å². The number of furan rings is 1. The van der Waals surface area contributed by atoms with E-state index in [1.54, 1.807) is 12.4 Å². The van der Waals surface area contributed by atoms with E-state index in [0.29, 0.717) is 23.5 Å². The second-order valence-corrected chi connectivity index (χ2v) is 5.94. The van der Waals surface area contributed by atoms with Crippen LogP contribution < -0.4 is 10.9 Å². The van der Waals surface area contributed by atoms with Gasteiger partial charge in [-0.3, -0.25) is 9.78 Å². The first-order valence-electron chi connectivity index (χ1n) is 6.95. The van der Waals surface area contributed by atoms with Gasteiger partial charge in [0.05, 0.1) is 12.2 Å². The third-order valence-electron chi connectivity index (χ3n) is 3.46. The number of aromatic amines is 1. The molecule has 0 amide bonds. The smallest absolute Gasteiger partial charge is 0.294 e. The van der Waals surface area contributed by atoms with E-state index in [-0.39, 0.29) is 11.1 Å². The third-order valence-corrected chi connectivity index (χ3v) is 3.95. The van der Waals surface area contributed by atoms with Crippen LogP contribution in [0.1, 0.15) is 5.82 Å². The van der Waals surface area contributed by atoms with Crippen LogP contribution in [0.4, 0.5) is 5.69 Å². The van der Waals surface area contributed by atoms with Crippen LogP contribution in [0.25, 0.3) is 22.1 Å². The Morgan fingerprint density at radius 3 is 3.04 bits per heavy atom. The van der Waals surface area contributed by atoms with Gasteiger partial charge in [0.1, 0.15) is 16.9 Å². The summed E-state index contributed by atoms with van der Waals surface area (Å²) in [4.78, 5) is 23.5. The minimum Gasteiger partial charge on any atom is -0.449 e. The number of aromatic nitrogens is 3. The second kappa shape index (κ2) is 5.51. The molecule has 0 spiro atoms. The van der Waals surface area contributed by atoms with Crippen LogP contribution >= 0.6 is 15.9 Å². The molecule has 0 fully saturated rings. The van der Waals surface area contributed by atoms with Gasteiger partial charge in [0, 0.05) is 22.3 Å². The molecule has 6 nitrogen and oxygen atoms in total. The summed E-state index contributed by atoms with van der Waals surface area (Å²) in [6.45, 7) is 0.386. The first-order chi connectivity index (χ1) is 11.2. The van der Waals surface area contributed by atoms with Crippen molar-refractivity contribution in [1.29, 1.82) is 0 Å². The first kappa shape index (κ1) is 14.0. The number of H-pyrrole nitrogens is 1. The number of pyridine rings is 1. The van der Waals surface area contributed by atoms with Crippen molar-refractivity contribution in [2.75, 3.05) is 5.32 Å². The SMILES string of the molecule is O=c1[nH]c(CNc2cccnc2)nc2c1oc1ccc(Br)cc12. The molecule has 0 saturated heterocycles. The highest BCUT2D eigenvalue weighted by atomic mass is 79.9. The van der Waals surface area contributed by atoms with Crippen LogP contribution in [-0.2, 0) is 6.54 Å². The van der Waals surface area contributed by atoms with Crippen molar-refractivity contribution in [1.82, 2.24) is 15.0 Å². The molecule has 114 valence electrons. The molecule has 2 N–H and O–H groups in total. The van der Waals surface area contributed by atoms with Gasteiger partial charge in [-0.1, -0.05) is 15.9 Å². The highest BCUT2D eigenvalue weighted by Crippen LogP contribution is 2.27. The van der Waals surface area contributed by atoms with Crippen LogP contribution in [0.2, 0.25) is 0 Å². The lowest BCUT2D eigenvalue weighted by Crippen LogP contribution is -2.13. The molecule has 3 aromatic heterocycles. The summed E-state index contributed by atoms with van der Waals surface area (Å²) in [7, 11) is 0. The van der Waals surface area contributed by atoms with Crippen LogP contribution in [0.5, 0.6) is 0 Å². The van der Waals surface area contributed by atoms with E-state index in [1.165, 1.54) is 0 Å².